The average molecular weight is 550 g/mol. The van der Waals surface area contributed by atoms with Crippen LogP contribution in [-0.4, -0.2) is 58.7 Å². The number of hydrogen-bond acceptors (Lipinski definition) is 8. The summed E-state index contributed by atoms with van der Waals surface area (Å²) in [6.45, 7) is 12.6. The van der Waals surface area contributed by atoms with Crippen molar-refractivity contribution >= 4 is 18.1 Å². The van der Waals surface area contributed by atoms with Crippen molar-refractivity contribution in [3.05, 3.63) is 35.9 Å². The number of nitrogens with zero attached hydrogens (tertiary/aromatic N) is 1. The molecule has 1 heterocycles. The Hall–Kier alpha value is -2.65. The van der Waals surface area contributed by atoms with Gasteiger partial charge in [0, 0.05) is 23.9 Å². The number of hydroxylamine groups is 2. The molecule has 2 atom stereocenters. The maximum atomic E-state index is 12.5. The number of carboxylic acids is 1. The monoisotopic (exact) mass is 549 g/mol. The number of carbonyl (C=O) groups excluding carboxylic acids is 2. The minimum Gasteiger partial charge on any atom is -0.481 e. The number of esters is 1. The highest BCUT2D eigenvalue weighted by Crippen LogP contribution is 2.42. The van der Waals surface area contributed by atoms with Crippen LogP contribution in [0.4, 0.5) is 4.79 Å². The van der Waals surface area contributed by atoms with Crippen LogP contribution in [0.5, 0.6) is 0 Å². The van der Waals surface area contributed by atoms with E-state index in [4.69, 9.17) is 24.2 Å². The van der Waals surface area contributed by atoms with E-state index in [2.05, 4.69) is 13.8 Å². The highest BCUT2D eigenvalue weighted by atomic mass is 16.7. The van der Waals surface area contributed by atoms with Crippen molar-refractivity contribution < 1.29 is 38.5 Å². The normalized spacial score (nSPS) is 18.6. The molecule has 0 bridgehead atoms. The van der Waals surface area contributed by atoms with Gasteiger partial charge in [0.05, 0.1) is 19.4 Å². The largest absolute Gasteiger partial charge is 0.508 e. The molecule has 1 fully saturated rings. The molecule has 9 nitrogen and oxygen atoms in total. The van der Waals surface area contributed by atoms with Crippen molar-refractivity contribution in [2.75, 3.05) is 13.2 Å². The number of hydrogen-bond donors (Lipinski definition) is 1. The summed E-state index contributed by atoms with van der Waals surface area (Å²) in [7, 11) is 0. The number of carbonyl (C=O) groups is 3. The molecule has 1 aliphatic heterocycles. The van der Waals surface area contributed by atoms with Crippen LogP contribution in [0.25, 0.3) is 0 Å². The van der Waals surface area contributed by atoms with Gasteiger partial charge in [-0.2, -0.15) is 5.06 Å². The molecule has 0 aliphatic carbocycles. The number of piperidine rings is 1. The summed E-state index contributed by atoms with van der Waals surface area (Å²) < 4.78 is 16.6. The van der Waals surface area contributed by atoms with Gasteiger partial charge in [0.1, 0.15) is 18.8 Å². The summed E-state index contributed by atoms with van der Waals surface area (Å²) in [5.74, 6) is -1.23. The molecular weight excluding hydrogens is 502 g/mol. The Morgan fingerprint density at radius 2 is 1.59 bits per heavy atom. The smallest absolute Gasteiger partial charge is 0.481 e. The second-order valence-corrected chi connectivity index (χ2v) is 11.6. The highest BCUT2D eigenvalue weighted by Gasteiger charge is 2.49. The van der Waals surface area contributed by atoms with Gasteiger partial charge in [-0.3, -0.25) is 14.4 Å². The molecule has 1 aliphatic rings. The van der Waals surface area contributed by atoms with Gasteiger partial charge in [0.2, 0.25) is 0 Å². The highest BCUT2D eigenvalue weighted by molar-refractivity contribution is 5.76. The Balaban J connectivity index is 2.07. The van der Waals surface area contributed by atoms with E-state index in [-0.39, 0.29) is 25.6 Å². The molecule has 1 aromatic carbocycles. The first-order chi connectivity index (χ1) is 18.4. The molecule has 1 N–H and O–H groups in total. The molecule has 0 amide bonds. The molecular formula is C30H47NO8. The number of benzene rings is 1. The van der Waals surface area contributed by atoms with Gasteiger partial charge in [-0.05, 0) is 45.6 Å². The first-order valence-electron chi connectivity index (χ1n) is 14.1. The minimum absolute atomic E-state index is 0.0230. The SMILES string of the molecule is CCCCC(CC)COC(=O)OCC(ON1C(C)(C)CC(OC(=O)CCC(=O)O)CC1(C)C)c1ccccc1. The third kappa shape index (κ3) is 10.8. The number of aliphatic carboxylic acids is 1. The topological polar surface area (TPSA) is 112 Å². The standard InChI is InChI=1S/C30H47NO8/c1-7-9-13-22(8-2)20-36-28(35)37-21-25(23-14-11-10-12-15-23)39-31-29(3,4)18-24(19-30(31,5)6)38-27(34)17-16-26(32)33/h10-12,14-15,22,24-25H,7-9,13,16-21H2,1-6H3,(H,32,33). The molecule has 0 radical (unpaired) electrons. The van der Waals surface area contributed by atoms with Crippen LogP contribution in [0.1, 0.15) is 105 Å². The van der Waals surface area contributed by atoms with E-state index in [9.17, 15) is 14.4 Å². The number of unbranched alkanes of at least 4 members (excludes halogenated alkanes) is 1. The minimum atomic E-state index is -1.03. The second kappa shape index (κ2) is 15.2. The van der Waals surface area contributed by atoms with Gasteiger partial charge in [0.15, 0.2) is 0 Å². The average Bonchev–Trinajstić information content (AvgIpc) is 2.86. The van der Waals surface area contributed by atoms with Crippen LogP contribution in [0.2, 0.25) is 0 Å². The molecule has 39 heavy (non-hydrogen) atoms. The van der Waals surface area contributed by atoms with Crippen LogP contribution >= 0.6 is 0 Å². The zero-order chi connectivity index (χ0) is 29.1. The van der Waals surface area contributed by atoms with E-state index < -0.39 is 35.3 Å². The third-order valence-corrected chi connectivity index (χ3v) is 7.13. The van der Waals surface area contributed by atoms with Crippen LogP contribution in [-0.2, 0) is 28.6 Å². The first-order valence-corrected chi connectivity index (χ1v) is 14.1. The van der Waals surface area contributed by atoms with Gasteiger partial charge < -0.3 is 19.3 Å². The fraction of sp³-hybridized carbons (Fsp3) is 0.700. The first kappa shape index (κ1) is 32.6. The van der Waals surface area contributed by atoms with E-state index in [1.807, 2.05) is 63.1 Å². The van der Waals surface area contributed by atoms with Crippen molar-refractivity contribution in [3.8, 4) is 0 Å². The lowest BCUT2D eigenvalue weighted by Gasteiger charge is -2.54. The summed E-state index contributed by atoms with van der Waals surface area (Å²) in [4.78, 5) is 42.0. The van der Waals surface area contributed by atoms with E-state index in [1.165, 1.54) is 0 Å². The number of carboxylic acid groups (broad SMARTS) is 1. The van der Waals surface area contributed by atoms with Crippen molar-refractivity contribution in [2.45, 2.75) is 116 Å². The summed E-state index contributed by atoms with van der Waals surface area (Å²) >= 11 is 0. The molecule has 0 aromatic heterocycles. The molecule has 220 valence electrons. The fourth-order valence-electron chi connectivity index (χ4n) is 5.25. The Bertz CT molecular complexity index is 899. The van der Waals surface area contributed by atoms with Gasteiger partial charge in [-0.15, -0.1) is 0 Å². The molecule has 2 rings (SSSR count). The summed E-state index contributed by atoms with van der Waals surface area (Å²) in [5.41, 5.74) is -0.227. The molecule has 9 heteroatoms. The molecule has 0 saturated carbocycles. The quantitative estimate of drug-likeness (QED) is 0.246. The second-order valence-electron chi connectivity index (χ2n) is 11.6. The van der Waals surface area contributed by atoms with Crippen LogP contribution < -0.4 is 0 Å². The maximum Gasteiger partial charge on any atom is 0.508 e. The van der Waals surface area contributed by atoms with Crippen LogP contribution in [0.15, 0.2) is 30.3 Å². The Kier molecular flexibility index (Phi) is 12.7. The Labute approximate surface area is 233 Å². The lowest BCUT2D eigenvalue weighted by atomic mass is 9.80. The van der Waals surface area contributed by atoms with Gasteiger partial charge in [-0.1, -0.05) is 63.4 Å². The molecule has 0 spiro atoms. The van der Waals surface area contributed by atoms with Crippen LogP contribution in [0, 0.1) is 5.92 Å². The fourth-order valence-corrected chi connectivity index (χ4v) is 5.25. The molecule has 1 saturated heterocycles. The summed E-state index contributed by atoms with van der Waals surface area (Å²) in [6.07, 6.45) is 3.08. The lowest BCUT2D eigenvalue weighted by molar-refractivity contribution is -0.320. The lowest BCUT2D eigenvalue weighted by Crippen LogP contribution is -2.62. The number of ether oxygens (including phenoxy) is 3. The van der Waals surface area contributed by atoms with Crippen molar-refractivity contribution in [1.82, 2.24) is 5.06 Å². The summed E-state index contributed by atoms with van der Waals surface area (Å²) in [6, 6.07) is 9.57. The molecule has 2 unspecified atom stereocenters. The van der Waals surface area contributed by atoms with Gasteiger partial charge in [0.25, 0.3) is 0 Å². The van der Waals surface area contributed by atoms with E-state index in [0.717, 1.165) is 31.2 Å². The number of rotatable bonds is 15. The van der Waals surface area contributed by atoms with E-state index >= 15 is 0 Å². The predicted octanol–water partition coefficient (Wildman–Crippen LogP) is 6.46. The van der Waals surface area contributed by atoms with Crippen molar-refractivity contribution in [3.63, 3.8) is 0 Å². The van der Waals surface area contributed by atoms with E-state index in [1.54, 1.807) is 0 Å². The van der Waals surface area contributed by atoms with Gasteiger partial charge in [-0.25, -0.2) is 4.79 Å². The third-order valence-electron chi connectivity index (χ3n) is 7.13. The van der Waals surface area contributed by atoms with Gasteiger partial charge >= 0.3 is 18.1 Å². The Morgan fingerprint density at radius 3 is 2.15 bits per heavy atom. The van der Waals surface area contributed by atoms with Crippen molar-refractivity contribution in [1.29, 1.82) is 0 Å². The zero-order valence-corrected chi connectivity index (χ0v) is 24.4. The zero-order valence-electron chi connectivity index (χ0n) is 24.4. The maximum absolute atomic E-state index is 12.5. The van der Waals surface area contributed by atoms with Crippen LogP contribution in [0.3, 0.4) is 0 Å². The predicted molar refractivity (Wildman–Crippen MR) is 147 cm³/mol. The molecule has 1 aromatic rings. The van der Waals surface area contributed by atoms with Crippen molar-refractivity contribution in [2.24, 2.45) is 5.92 Å². The summed E-state index contributed by atoms with van der Waals surface area (Å²) in [5, 5.41) is 10.8. The Morgan fingerprint density at radius 1 is 0.974 bits per heavy atom. The van der Waals surface area contributed by atoms with E-state index in [0.29, 0.717) is 25.4 Å².